The van der Waals surface area contributed by atoms with Crippen molar-refractivity contribution >= 4 is 17.5 Å². The van der Waals surface area contributed by atoms with Crippen LogP contribution in [0.1, 0.15) is 38.4 Å². The van der Waals surface area contributed by atoms with E-state index in [1.54, 1.807) is 11.8 Å². The first-order chi connectivity index (χ1) is 9.45. The van der Waals surface area contributed by atoms with Gasteiger partial charge < -0.3 is 4.98 Å². The van der Waals surface area contributed by atoms with E-state index in [2.05, 4.69) is 37.0 Å². The molecule has 0 amide bonds. The van der Waals surface area contributed by atoms with Crippen molar-refractivity contribution < 1.29 is 4.79 Å². The van der Waals surface area contributed by atoms with Gasteiger partial charge >= 0.3 is 0 Å². The fourth-order valence-electron chi connectivity index (χ4n) is 2.51. The Hall–Kier alpha value is -1.48. The van der Waals surface area contributed by atoms with Gasteiger partial charge in [-0.2, -0.15) is 0 Å². The van der Waals surface area contributed by atoms with Gasteiger partial charge in [0.25, 0.3) is 0 Å². The van der Waals surface area contributed by atoms with E-state index in [9.17, 15) is 4.79 Å². The summed E-state index contributed by atoms with van der Waals surface area (Å²) in [6, 6.07) is 8.49. The summed E-state index contributed by atoms with van der Waals surface area (Å²) in [5, 5.41) is 0. The maximum absolute atomic E-state index is 12.2. The van der Waals surface area contributed by atoms with Crippen LogP contribution < -0.4 is 0 Å². The third-order valence-corrected chi connectivity index (χ3v) is 4.24. The molecule has 3 heteroatoms. The lowest BCUT2D eigenvalue weighted by Crippen LogP contribution is -2.03. The number of thioether (sulfide) groups is 1. The van der Waals surface area contributed by atoms with Gasteiger partial charge in [-0.15, -0.1) is 11.8 Å². The SMILES string of the molecule is Cc1cc(C)cc(CSCC(=O)c2cc(C)[nH]c2C)c1. The third kappa shape index (κ3) is 3.76. The number of Topliss-reactive ketones (excluding diaryl/α,β-unsaturated/α-hetero) is 1. The van der Waals surface area contributed by atoms with Crippen LogP contribution >= 0.6 is 11.8 Å². The first-order valence-corrected chi connectivity index (χ1v) is 7.95. The molecule has 0 bridgehead atoms. The molecule has 0 aliphatic rings. The number of aromatic nitrogens is 1. The lowest BCUT2D eigenvalue weighted by Gasteiger charge is -2.05. The zero-order valence-corrected chi connectivity index (χ0v) is 13.4. The van der Waals surface area contributed by atoms with Gasteiger partial charge in [0.1, 0.15) is 0 Å². The Kier molecular flexibility index (Phi) is 4.71. The van der Waals surface area contributed by atoms with E-state index in [0.29, 0.717) is 5.75 Å². The molecule has 0 fully saturated rings. The van der Waals surface area contributed by atoms with E-state index in [0.717, 1.165) is 22.7 Å². The lowest BCUT2D eigenvalue weighted by atomic mass is 10.1. The molecule has 106 valence electrons. The van der Waals surface area contributed by atoms with E-state index in [1.165, 1.54) is 16.7 Å². The van der Waals surface area contributed by atoms with Crippen molar-refractivity contribution in [3.8, 4) is 0 Å². The Balaban J connectivity index is 1.92. The van der Waals surface area contributed by atoms with Gasteiger partial charge in [0.05, 0.1) is 5.75 Å². The smallest absolute Gasteiger partial charge is 0.174 e. The number of benzene rings is 1. The molecule has 0 aliphatic carbocycles. The zero-order valence-electron chi connectivity index (χ0n) is 12.5. The highest BCUT2D eigenvalue weighted by Crippen LogP contribution is 2.18. The molecule has 2 rings (SSSR count). The van der Waals surface area contributed by atoms with Crippen molar-refractivity contribution in [1.82, 2.24) is 4.98 Å². The second-order valence-electron chi connectivity index (χ2n) is 5.40. The predicted molar refractivity (Wildman–Crippen MR) is 86.7 cm³/mol. The van der Waals surface area contributed by atoms with E-state index in [-0.39, 0.29) is 5.78 Å². The summed E-state index contributed by atoms with van der Waals surface area (Å²) in [5.41, 5.74) is 6.70. The van der Waals surface area contributed by atoms with Crippen LogP contribution in [0.15, 0.2) is 24.3 Å². The molecule has 0 unspecified atom stereocenters. The monoisotopic (exact) mass is 287 g/mol. The van der Waals surface area contributed by atoms with Crippen LogP contribution in [0.3, 0.4) is 0 Å². The first kappa shape index (κ1) is 14.9. The molecule has 0 saturated heterocycles. The van der Waals surface area contributed by atoms with Gasteiger partial charge in [-0.05, 0) is 39.3 Å². The maximum Gasteiger partial charge on any atom is 0.174 e. The van der Waals surface area contributed by atoms with Crippen LogP contribution in [0.25, 0.3) is 0 Å². The Morgan fingerprint density at radius 2 is 1.70 bits per heavy atom. The van der Waals surface area contributed by atoms with Gasteiger partial charge in [-0.3, -0.25) is 4.79 Å². The summed E-state index contributed by atoms with van der Waals surface area (Å²) in [7, 11) is 0. The molecule has 20 heavy (non-hydrogen) atoms. The molecule has 0 radical (unpaired) electrons. The van der Waals surface area contributed by atoms with Gasteiger partial charge in [0.15, 0.2) is 5.78 Å². The Morgan fingerprint density at radius 1 is 1.05 bits per heavy atom. The number of H-pyrrole nitrogens is 1. The minimum Gasteiger partial charge on any atom is -0.362 e. The molecular formula is C17H21NOS. The highest BCUT2D eigenvalue weighted by Gasteiger charge is 2.11. The summed E-state index contributed by atoms with van der Waals surface area (Å²) in [4.78, 5) is 15.3. The molecule has 0 saturated carbocycles. The van der Waals surface area contributed by atoms with Crippen LogP contribution in [0.4, 0.5) is 0 Å². The van der Waals surface area contributed by atoms with E-state index in [1.807, 2.05) is 19.9 Å². The molecule has 0 spiro atoms. The van der Waals surface area contributed by atoms with Gasteiger partial charge in [-0.25, -0.2) is 0 Å². The number of aryl methyl sites for hydroxylation is 4. The molecule has 1 aromatic heterocycles. The van der Waals surface area contributed by atoms with Crippen LogP contribution in [-0.4, -0.2) is 16.5 Å². The summed E-state index contributed by atoms with van der Waals surface area (Å²) in [6.45, 7) is 8.15. The highest BCUT2D eigenvalue weighted by molar-refractivity contribution is 7.99. The molecule has 1 N–H and O–H groups in total. The van der Waals surface area contributed by atoms with Crippen molar-refractivity contribution in [3.63, 3.8) is 0 Å². The second-order valence-corrected chi connectivity index (χ2v) is 6.39. The Bertz CT molecular complexity index is 608. The van der Waals surface area contributed by atoms with Gasteiger partial charge in [0.2, 0.25) is 0 Å². The molecule has 2 nitrogen and oxygen atoms in total. The third-order valence-electron chi connectivity index (χ3n) is 3.23. The average Bonchev–Trinajstić information content (AvgIpc) is 2.67. The summed E-state index contributed by atoms with van der Waals surface area (Å²) in [6.07, 6.45) is 0. The van der Waals surface area contributed by atoms with Gasteiger partial charge in [0, 0.05) is 22.7 Å². The van der Waals surface area contributed by atoms with Crippen molar-refractivity contribution in [2.24, 2.45) is 0 Å². The molecular weight excluding hydrogens is 266 g/mol. The van der Waals surface area contributed by atoms with Crippen molar-refractivity contribution in [1.29, 1.82) is 0 Å². The number of carbonyl (C=O) groups excluding carboxylic acids is 1. The Morgan fingerprint density at radius 3 is 2.25 bits per heavy atom. The standard InChI is InChI=1S/C17H21NOS/c1-11-5-12(2)7-15(6-11)9-20-10-17(19)16-8-13(3)18-14(16)4/h5-8,18H,9-10H2,1-4H3. The second kappa shape index (κ2) is 6.31. The van der Waals surface area contributed by atoms with Crippen LogP contribution in [0, 0.1) is 27.7 Å². The molecule has 0 atom stereocenters. The minimum atomic E-state index is 0.209. The average molecular weight is 287 g/mol. The number of hydrogen-bond donors (Lipinski definition) is 1. The molecule has 1 heterocycles. The van der Waals surface area contributed by atoms with E-state index >= 15 is 0 Å². The van der Waals surface area contributed by atoms with Gasteiger partial charge in [-0.1, -0.05) is 29.3 Å². The Labute approximate surface area is 125 Å². The normalized spacial score (nSPS) is 10.8. The highest BCUT2D eigenvalue weighted by atomic mass is 32.2. The zero-order chi connectivity index (χ0) is 14.7. The fraction of sp³-hybridized carbons (Fsp3) is 0.353. The van der Waals surface area contributed by atoms with Crippen LogP contribution in [0.5, 0.6) is 0 Å². The van der Waals surface area contributed by atoms with E-state index < -0.39 is 0 Å². The number of nitrogens with one attached hydrogen (secondary N) is 1. The number of carbonyl (C=O) groups is 1. The van der Waals surface area contributed by atoms with Crippen LogP contribution in [0.2, 0.25) is 0 Å². The fourth-order valence-corrected chi connectivity index (χ4v) is 3.35. The summed E-state index contributed by atoms with van der Waals surface area (Å²) < 4.78 is 0. The van der Waals surface area contributed by atoms with Crippen molar-refractivity contribution in [2.75, 3.05) is 5.75 Å². The topological polar surface area (TPSA) is 32.9 Å². The maximum atomic E-state index is 12.2. The predicted octanol–water partition coefficient (Wildman–Crippen LogP) is 4.36. The largest absolute Gasteiger partial charge is 0.362 e. The number of hydrogen-bond acceptors (Lipinski definition) is 2. The minimum absolute atomic E-state index is 0.209. The molecule has 2 aromatic rings. The number of aromatic amines is 1. The molecule has 0 aliphatic heterocycles. The van der Waals surface area contributed by atoms with E-state index in [4.69, 9.17) is 0 Å². The van der Waals surface area contributed by atoms with Crippen molar-refractivity contribution in [2.45, 2.75) is 33.4 Å². The van der Waals surface area contributed by atoms with Crippen LogP contribution in [-0.2, 0) is 5.75 Å². The number of ketones is 1. The summed E-state index contributed by atoms with van der Waals surface area (Å²) >= 11 is 1.68. The summed E-state index contributed by atoms with van der Waals surface area (Å²) in [5.74, 6) is 1.63. The first-order valence-electron chi connectivity index (χ1n) is 6.80. The number of rotatable bonds is 5. The van der Waals surface area contributed by atoms with Crippen molar-refractivity contribution in [3.05, 3.63) is 57.9 Å². The molecule has 1 aromatic carbocycles. The lowest BCUT2D eigenvalue weighted by molar-refractivity contribution is 0.102. The quantitative estimate of drug-likeness (QED) is 0.829.